The summed E-state index contributed by atoms with van der Waals surface area (Å²) in [5, 5.41) is 11.6. The molecule has 0 aliphatic carbocycles. The van der Waals surface area contributed by atoms with Crippen LogP contribution in [0.2, 0.25) is 0 Å². The Kier molecular flexibility index (Phi) is 10.8. The van der Waals surface area contributed by atoms with Gasteiger partial charge in [0, 0.05) is 31.7 Å². The van der Waals surface area contributed by atoms with E-state index >= 15 is 0 Å². The van der Waals surface area contributed by atoms with Crippen LogP contribution in [0.25, 0.3) is 5.76 Å². The van der Waals surface area contributed by atoms with E-state index in [4.69, 9.17) is 18.9 Å². The highest BCUT2D eigenvalue weighted by Crippen LogP contribution is 2.42. The molecule has 2 saturated heterocycles. The number of benzene rings is 3. The van der Waals surface area contributed by atoms with Crippen LogP contribution in [0.4, 0.5) is 0 Å². The van der Waals surface area contributed by atoms with Gasteiger partial charge in [0.15, 0.2) is 11.5 Å². The van der Waals surface area contributed by atoms with E-state index < -0.39 is 17.7 Å². The number of Topliss-reactive ketones (excluding diaryl/α,β-unsaturated/α-hetero) is 1. The number of ether oxygens (including phenoxy) is 4. The van der Waals surface area contributed by atoms with Gasteiger partial charge in [-0.3, -0.25) is 14.5 Å². The number of hydrogen-bond acceptors (Lipinski definition) is 8. The smallest absolute Gasteiger partial charge is 0.295 e. The van der Waals surface area contributed by atoms with Crippen molar-refractivity contribution in [1.29, 1.82) is 0 Å². The van der Waals surface area contributed by atoms with Gasteiger partial charge in [-0.15, -0.1) is 0 Å². The van der Waals surface area contributed by atoms with Crippen molar-refractivity contribution in [2.75, 3.05) is 53.1 Å². The molecule has 0 spiro atoms. The highest BCUT2D eigenvalue weighted by Gasteiger charge is 2.46. The first kappa shape index (κ1) is 32.1. The van der Waals surface area contributed by atoms with Crippen molar-refractivity contribution < 1.29 is 33.6 Å². The number of aliphatic hydroxyl groups excluding tert-OH is 1. The lowest BCUT2D eigenvalue weighted by Gasteiger charge is -2.31. The third-order valence-corrected chi connectivity index (χ3v) is 8.18. The van der Waals surface area contributed by atoms with E-state index in [-0.39, 0.29) is 11.3 Å². The Morgan fingerprint density at radius 2 is 1.73 bits per heavy atom. The monoisotopic (exact) mass is 614 g/mol. The van der Waals surface area contributed by atoms with E-state index in [0.717, 1.165) is 37.1 Å². The van der Waals surface area contributed by atoms with E-state index in [9.17, 15) is 14.7 Å². The zero-order chi connectivity index (χ0) is 31.8. The minimum atomic E-state index is -0.804. The molecule has 0 saturated carbocycles. The van der Waals surface area contributed by atoms with Gasteiger partial charge in [0.2, 0.25) is 0 Å². The molecule has 3 aromatic rings. The highest BCUT2D eigenvalue weighted by atomic mass is 16.5. The van der Waals surface area contributed by atoms with E-state index in [2.05, 4.69) is 17.9 Å². The van der Waals surface area contributed by atoms with Gasteiger partial charge in [-0.05, 0) is 60.9 Å². The molecule has 2 aliphatic heterocycles. The van der Waals surface area contributed by atoms with E-state index in [1.165, 1.54) is 0 Å². The summed E-state index contributed by atoms with van der Waals surface area (Å²) >= 11 is 0. The van der Waals surface area contributed by atoms with Crippen LogP contribution < -0.4 is 14.2 Å². The number of unbranched alkanes of at least 4 members (excludes halogenated alkanes) is 1. The summed E-state index contributed by atoms with van der Waals surface area (Å²) in [5.41, 5.74) is 3.31. The lowest BCUT2D eigenvalue weighted by molar-refractivity contribution is -0.140. The van der Waals surface area contributed by atoms with E-state index in [0.29, 0.717) is 67.9 Å². The summed E-state index contributed by atoms with van der Waals surface area (Å²) in [4.78, 5) is 30.9. The first-order valence-corrected chi connectivity index (χ1v) is 15.6. The Morgan fingerprint density at radius 3 is 2.44 bits per heavy atom. The fourth-order valence-corrected chi connectivity index (χ4v) is 5.66. The second kappa shape index (κ2) is 15.1. The lowest BCUT2D eigenvalue weighted by atomic mass is 9.95. The van der Waals surface area contributed by atoms with Gasteiger partial charge >= 0.3 is 0 Å². The summed E-state index contributed by atoms with van der Waals surface area (Å²) in [6, 6.07) is 19.6. The number of carbonyl (C=O) groups excluding carboxylic acids is 2. The number of nitrogens with zero attached hydrogens (tertiary/aromatic N) is 2. The zero-order valence-corrected chi connectivity index (χ0v) is 26.3. The average molecular weight is 615 g/mol. The van der Waals surface area contributed by atoms with Gasteiger partial charge in [-0.25, -0.2) is 0 Å². The molecule has 1 atom stereocenters. The topological polar surface area (TPSA) is 97.8 Å². The molecule has 9 heteroatoms. The summed E-state index contributed by atoms with van der Waals surface area (Å²) < 4.78 is 23.0. The number of amides is 1. The highest BCUT2D eigenvalue weighted by molar-refractivity contribution is 6.46. The molecule has 2 heterocycles. The SMILES string of the molecule is CCCCOc1ccc(C2C(=C(O)c3ccc(OCc4cccc(C)c4)cc3)C(=O)C(=O)N2CCN2CCOCC2)cc1OC. The number of morpholine rings is 1. The first-order chi connectivity index (χ1) is 21.9. The number of aryl methyl sites for hydroxylation is 1. The summed E-state index contributed by atoms with van der Waals surface area (Å²) in [6.07, 6.45) is 1.90. The van der Waals surface area contributed by atoms with Gasteiger partial charge in [0.1, 0.15) is 18.1 Å². The van der Waals surface area contributed by atoms with Crippen molar-refractivity contribution in [3.05, 3.63) is 94.6 Å². The Morgan fingerprint density at radius 1 is 0.956 bits per heavy atom. The molecule has 9 nitrogen and oxygen atoms in total. The van der Waals surface area contributed by atoms with Crippen molar-refractivity contribution in [2.45, 2.75) is 39.3 Å². The summed E-state index contributed by atoms with van der Waals surface area (Å²) in [6.45, 7) is 8.74. The van der Waals surface area contributed by atoms with Crippen LogP contribution in [0.15, 0.2) is 72.3 Å². The van der Waals surface area contributed by atoms with Crippen LogP contribution >= 0.6 is 0 Å². The number of ketones is 1. The van der Waals surface area contributed by atoms with Gasteiger partial charge in [-0.1, -0.05) is 49.2 Å². The molecule has 2 aliphatic rings. The molecule has 1 N–H and O–H groups in total. The number of aliphatic hydroxyl groups is 1. The number of likely N-dealkylation sites (tertiary alicyclic amines) is 1. The molecule has 5 rings (SSSR count). The van der Waals surface area contributed by atoms with Crippen LogP contribution in [0.5, 0.6) is 17.2 Å². The van der Waals surface area contributed by atoms with Crippen LogP contribution in [-0.4, -0.2) is 79.7 Å². The molecule has 2 fully saturated rings. The molecule has 45 heavy (non-hydrogen) atoms. The second-order valence-electron chi connectivity index (χ2n) is 11.4. The molecular formula is C36H42N2O7. The maximum Gasteiger partial charge on any atom is 0.295 e. The summed E-state index contributed by atoms with van der Waals surface area (Å²) in [5.74, 6) is 0.106. The molecule has 1 amide bonds. The predicted octanol–water partition coefficient (Wildman–Crippen LogP) is 5.52. The fourth-order valence-electron chi connectivity index (χ4n) is 5.66. The van der Waals surface area contributed by atoms with E-state index in [1.54, 1.807) is 48.4 Å². The Bertz CT molecular complexity index is 1510. The zero-order valence-electron chi connectivity index (χ0n) is 26.3. The molecule has 0 aromatic heterocycles. The minimum absolute atomic E-state index is 0.0390. The molecular weight excluding hydrogens is 572 g/mol. The Labute approximate surface area is 265 Å². The van der Waals surface area contributed by atoms with Crippen molar-refractivity contribution >= 4 is 17.4 Å². The second-order valence-corrected chi connectivity index (χ2v) is 11.4. The van der Waals surface area contributed by atoms with Gasteiger partial charge in [0.25, 0.3) is 11.7 Å². The predicted molar refractivity (Wildman–Crippen MR) is 172 cm³/mol. The summed E-state index contributed by atoms with van der Waals surface area (Å²) in [7, 11) is 1.56. The van der Waals surface area contributed by atoms with Crippen LogP contribution in [-0.2, 0) is 20.9 Å². The normalized spacial score (nSPS) is 18.3. The van der Waals surface area contributed by atoms with Crippen molar-refractivity contribution in [3.8, 4) is 17.2 Å². The quantitative estimate of drug-likeness (QED) is 0.116. The Hall–Kier alpha value is -4.34. The minimum Gasteiger partial charge on any atom is -0.507 e. The molecule has 3 aromatic carbocycles. The van der Waals surface area contributed by atoms with Gasteiger partial charge < -0.3 is 29.0 Å². The van der Waals surface area contributed by atoms with Crippen molar-refractivity contribution in [3.63, 3.8) is 0 Å². The maximum atomic E-state index is 13.6. The standard InChI is InChI=1S/C36H42N2O7/c1-4-5-19-44-30-14-11-28(23-31(30)42-3)33-32(35(40)36(41)38(33)16-15-37-17-20-43-21-18-37)34(39)27-9-12-29(13-10-27)45-24-26-8-6-7-25(2)22-26/h6-14,22-23,33,39H,4-5,15-21,24H2,1-3H3. The van der Waals surface area contributed by atoms with Gasteiger partial charge in [-0.2, -0.15) is 0 Å². The van der Waals surface area contributed by atoms with E-state index in [1.807, 2.05) is 31.2 Å². The average Bonchev–Trinajstić information content (AvgIpc) is 3.32. The number of hydrogen-bond donors (Lipinski definition) is 1. The van der Waals surface area contributed by atoms with Crippen LogP contribution in [0.3, 0.4) is 0 Å². The third kappa shape index (κ3) is 7.67. The third-order valence-electron chi connectivity index (χ3n) is 8.18. The van der Waals surface area contributed by atoms with Crippen molar-refractivity contribution in [2.24, 2.45) is 0 Å². The number of rotatable bonds is 13. The fraction of sp³-hybridized carbons (Fsp3) is 0.389. The van der Waals surface area contributed by atoms with Crippen LogP contribution in [0, 0.1) is 6.92 Å². The maximum absolute atomic E-state index is 13.6. The lowest BCUT2D eigenvalue weighted by Crippen LogP contribution is -2.42. The van der Waals surface area contributed by atoms with Gasteiger partial charge in [0.05, 0.1) is 38.5 Å². The number of carbonyl (C=O) groups is 2. The molecule has 238 valence electrons. The van der Waals surface area contributed by atoms with Crippen molar-refractivity contribution in [1.82, 2.24) is 9.80 Å². The first-order valence-electron chi connectivity index (χ1n) is 15.6. The molecule has 0 bridgehead atoms. The molecule has 1 unspecified atom stereocenters. The molecule has 0 radical (unpaired) electrons. The Balaban J connectivity index is 1.45. The van der Waals surface area contributed by atoms with Crippen LogP contribution in [0.1, 0.15) is 48.1 Å². The number of methoxy groups -OCH3 is 1. The largest absolute Gasteiger partial charge is 0.507 e.